The number of hydrogen-bond donors (Lipinski definition) is 3. The first-order chi connectivity index (χ1) is 23.8. The Morgan fingerprint density at radius 2 is 1.68 bits per heavy atom. The van der Waals surface area contributed by atoms with E-state index in [4.69, 9.17) is 14.2 Å². The fourth-order valence-electron chi connectivity index (χ4n) is 5.73. The van der Waals surface area contributed by atoms with Crippen LogP contribution in [0.5, 0.6) is 5.75 Å². The molecular weight excluding hydrogens is 657 g/mol. The second-order valence-corrected chi connectivity index (χ2v) is 13.9. The van der Waals surface area contributed by atoms with Gasteiger partial charge in [-0.05, 0) is 99.0 Å². The van der Waals surface area contributed by atoms with E-state index >= 15 is 0 Å². The molecule has 0 saturated carbocycles. The number of thiophene rings is 1. The van der Waals surface area contributed by atoms with Crippen LogP contribution in [0.25, 0.3) is 21.6 Å². The smallest absolute Gasteiger partial charge is 0.407 e. The van der Waals surface area contributed by atoms with Crippen molar-refractivity contribution in [3.8, 4) is 27.3 Å². The molecule has 0 saturated heterocycles. The van der Waals surface area contributed by atoms with Crippen LogP contribution in [0.2, 0.25) is 0 Å². The van der Waals surface area contributed by atoms with Gasteiger partial charge < -0.3 is 30.2 Å². The highest BCUT2D eigenvalue weighted by Gasteiger charge is 2.27. The average Bonchev–Trinajstić information content (AvgIpc) is 3.47. The van der Waals surface area contributed by atoms with Crippen LogP contribution in [0, 0.1) is 13.8 Å². The molecule has 0 spiro atoms. The van der Waals surface area contributed by atoms with E-state index in [1.165, 1.54) is 13.2 Å². The van der Waals surface area contributed by atoms with Crippen LogP contribution in [0.15, 0.2) is 47.8 Å². The van der Waals surface area contributed by atoms with Crippen LogP contribution in [-0.2, 0) is 22.4 Å². The lowest BCUT2D eigenvalue weighted by atomic mass is 9.93. The first-order valence-electron chi connectivity index (χ1n) is 16.4. The molecule has 12 heteroatoms. The molecule has 3 N–H and O–H groups in total. The van der Waals surface area contributed by atoms with Gasteiger partial charge in [0.15, 0.2) is 5.69 Å². The van der Waals surface area contributed by atoms with Gasteiger partial charge in [-0.1, -0.05) is 19.1 Å². The van der Waals surface area contributed by atoms with Crippen molar-refractivity contribution in [3.63, 3.8) is 0 Å². The van der Waals surface area contributed by atoms with E-state index in [0.29, 0.717) is 42.1 Å². The molecule has 0 unspecified atom stereocenters. The van der Waals surface area contributed by atoms with Gasteiger partial charge in [0.2, 0.25) is 0 Å². The topological polar surface area (TPSA) is 145 Å². The van der Waals surface area contributed by atoms with Crippen molar-refractivity contribution < 1.29 is 33.4 Å². The zero-order chi connectivity index (χ0) is 36.2. The van der Waals surface area contributed by atoms with Gasteiger partial charge in [-0.2, -0.15) is 0 Å². The molecule has 11 nitrogen and oxygen atoms in total. The number of carbonyl (C=O) groups is 4. The number of amides is 3. The molecule has 4 aromatic rings. The number of aromatic nitrogens is 1. The molecule has 2 aromatic carbocycles. The number of aryl methyl sites for hydroxylation is 2. The minimum Gasteiger partial charge on any atom is -0.493 e. The van der Waals surface area contributed by atoms with E-state index in [1.807, 2.05) is 38.3 Å². The normalized spacial score (nSPS) is 12.1. The lowest BCUT2D eigenvalue weighted by molar-refractivity contribution is 0.0522. The summed E-state index contributed by atoms with van der Waals surface area (Å²) in [5.74, 6) is -1.04. The predicted molar refractivity (Wildman–Crippen MR) is 193 cm³/mol. The molecule has 2 aromatic heterocycles. The number of nitrogens with one attached hydrogen (secondary N) is 3. The molecule has 1 aliphatic rings. The molecule has 0 fully saturated rings. The largest absolute Gasteiger partial charge is 0.493 e. The van der Waals surface area contributed by atoms with E-state index < -0.39 is 29.5 Å². The summed E-state index contributed by atoms with van der Waals surface area (Å²) in [5, 5.41) is 10.7. The van der Waals surface area contributed by atoms with Gasteiger partial charge in [-0.25, -0.2) is 14.6 Å². The average molecular weight is 699 g/mol. The number of fused-ring (bicyclic) bond motifs is 3. The van der Waals surface area contributed by atoms with E-state index in [2.05, 4.69) is 27.0 Å². The molecule has 3 amide bonds. The standard InChI is InChI=1S/C38H42N4O7S/c1-8-13-39-35(44)29-10-9-25(32(41-29)36(45)47-7)26-19-30-28(33-24(11-14-48-30)12-15-50-33)18-27(26)34(43)42-31-21(2)16-23(17-22(31)3)20-40-37(46)49-38(4,5)6/h9-10,12,15-19H,8,11,13-14,20H2,1-7H3,(H,39,44)(H,40,46)(H,42,43). The van der Waals surface area contributed by atoms with Gasteiger partial charge in [0.25, 0.3) is 11.8 Å². The van der Waals surface area contributed by atoms with Crippen molar-refractivity contribution in [1.82, 2.24) is 15.6 Å². The van der Waals surface area contributed by atoms with Gasteiger partial charge in [0.05, 0.1) is 13.7 Å². The number of rotatable bonds is 9. The molecule has 50 heavy (non-hydrogen) atoms. The Hall–Kier alpha value is -5.23. The summed E-state index contributed by atoms with van der Waals surface area (Å²) in [6, 6.07) is 12.5. The summed E-state index contributed by atoms with van der Waals surface area (Å²) >= 11 is 1.57. The zero-order valence-corrected chi connectivity index (χ0v) is 30.2. The Morgan fingerprint density at radius 1 is 0.940 bits per heavy atom. The highest BCUT2D eigenvalue weighted by molar-refractivity contribution is 7.13. The first kappa shape index (κ1) is 36.1. The number of methoxy groups -OCH3 is 1. The molecule has 0 bridgehead atoms. The Balaban J connectivity index is 1.57. The summed E-state index contributed by atoms with van der Waals surface area (Å²) in [6.45, 7) is 12.2. The fraction of sp³-hybridized carbons (Fsp3) is 0.342. The Kier molecular flexibility index (Phi) is 10.9. The van der Waals surface area contributed by atoms with Crippen molar-refractivity contribution in [2.45, 2.75) is 66.5 Å². The van der Waals surface area contributed by atoms with Crippen LogP contribution in [0.1, 0.15) is 87.7 Å². The van der Waals surface area contributed by atoms with Crippen LogP contribution in [-0.4, -0.2) is 54.7 Å². The SMILES string of the molecule is CCCNC(=O)c1ccc(-c2cc3c(cc2C(=O)Nc2c(C)cc(CNC(=O)OC(C)(C)C)cc2C)-c2sccc2CCO3)c(C(=O)OC)n1. The number of ether oxygens (including phenoxy) is 3. The summed E-state index contributed by atoms with van der Waals surface area (Å²) in [6.07, 6.45) is 0.918. The zero-order valence-electron chi connectivity index (χ0n) is 29.4. The van der Waals surface area contributed by atoms with Crippen LogP contribution in [0.4, 0.5) is 10.5 Å². The maximum absolute atomic E-state index is 14.4. The molecule has 0 atom stereocenters. The molecule has 262 valence electrons. The van der Waals surface area contributed by atoms with E-state index in [9.17, 15) is 19.2 Å². The second-order valence-electron chi connectivity index (χ2n) is 13.0. The first-order valence-corrected chi connectivity index (χ1v) is 17.3. The third-order valence-corrected chi connectivity index (χ3v) is 8.97. The summed E-state index contributed by atoms with van der Waals surface area (Å²) in [4.78, 5) is 58.0. The third kappa shape index (κ3) is 8.14. The van der Waals surface area contributed by atoms with Crippen molar-refractivity contribution in [2.24, 2.45) is 0 Å². The number of pyridine rings is 1. The van der Waals surface area contributed by atoms with Crippen molar-refractivity contribution >= 4 is 40.9 Å². The van der Waals surface area contributed by atoms with Gasteiger partial charge in [0, 0.05) is 52.3 Å². The number of carbonyl (C=O) groups excluding carboxylic acids is 4. The fourth-order valence-corrected chi connectivity index (χ4v) is 6.71. The van der Waals surface area contributed by atoms with Crippen LogP contribution in [0.3, 0.4) is 0 Å². The maximum Gasteiger partial charge on any atom is 0.407 e. The molecular formula is C38H42N4O7S. The molecule has 0 aliphatic carbocycles. The van der Waals surface area contributed by atoms with E-state index in [1.54, 1.807) is 50.3 Å². The molecule has 5 rings (SSSR count). The minimum absolute atomic E-state index is 0.0512. The second kappa shape index (κ2) is 15.1. The predicted octanol–water partition coefficient (Wildman–Crippen LogP) is 7.23. The van der Waals surface area contributed by atoms with Gasteiger partial charge >= 0.3 is 12.1 Å². The Morgan fingerprint density at radius 3 is 2.36 bits per heavy atom. The number of nitrogens with zero attached hydrogens (tertiary/aromatic N) is 1. The lowest BCUT2D eigenvalue weighted by Gasteiger charge is -2.20. The quantitative estimate of drug-likeness (QED) is 0.155. The van der Waals surface area contributed by atoms with Crippen LogP contribution >= 0.6 is 11.3 Å². The Labute approximate surface area is 295 Å². The number of esters is 1. The van der Waals surface area contributed by atoms with Gasteiger partial charge in [-0.15, -0.1) is 11.3 Å². The van der Waals surface area contributed by atoms with Crippen molar-refractivity contribution in [1.29, 1.82) is 0 Å². The summed E-state index contributed by atoms with van der Waals surface area (Å²) < 4.78 is 16.6. The van der Waals surface area contributed by atoms with Crippen molar-refractivity contribution in [3.05, 3.63) is 87.0 Å². The number of alkyl carbamates (subject to hydrolysis) is 1. The minimum atomic E-state index is -0.754. The van der Waals surface area contributed by atoms with E-state index in [-0.39, 0.29) is 23.5 Å². The van der Waals surface area contributed by atoms with Crippen LogP contribution < -0.4 is 20.7 Å². The highest BCUT2D eigenvalue weighted by atomic mass is 32.1. The molecule has 3 heterocycles. The number of hydrogen-bond acceptors (Lipinski definition) is 9. The number of benzene rings is 2. The van der Waals surface area contributed by atoms with E-state index in [0.717, 1.165) is 39.1 Å². The monoisotopic (exact) mass is 698 g/mol. The van der Waals surface area contributed by atoms with Crippen molar-refractivity contribution in [2.75, 3.05) is 25.6 Å². The van der Waals surface area contributed by atoms with Gasteiger partial charge in [0.1, 0.15) is 17.0 Å². The lowest BCUT2D eigenvalue weighted by Crippen LogP contribution is -2.32. The highest BCUT2D eigenvalue weighted by Crippen LogP contribution is 2.43. The summed E-state index contributed by atoms with van der Waals surface area (Å²) in [5.41, 5.74) is 5.23. The molecule has 1 aliphatic heterocycles. The molecule has 0 radical (unpaired) electrons. The number of anilines is 1. The summed E-state index contributed by atoms with van der Waals surface area (Å²) in [7, 11) is 1.24. The Bertz CT molecular complexity index is 1940. The van der Waals surface area contributed by atoms with Gasteiger partial charge in [-0.3, -0.25) is 9.59 Å². The maximum atomic E-state index is 14.4. The third-order valence-electron chi connectivity index (χ3n) is 7.98.